The van der Waals surface area contributed by atoms with Gasteiger partial charge in [-0.2, -0.15) is 0 Å². The van der Waals surface area contributed by atoms with Crippen LogP contribution in [0.3, 0.4) is 0 Å². The van der Waals surface area contributed by atoms with Gasteiger partial charge in [-0.1, -0.05) is 27.2 Å². The van der Waals surface area contributed by atoms with Crippen LogP contribution < -0.4 is 5.32 Å². The average Bonchev–Trinajstić information content (AvgIpc) is 2.36. The van der Waals surface area contributed by atoms with E-state index in [9.17, 15) is 9.59 Å². The molecule has 0 rings (SSSR count). The van der Waals surface area contributed by atoms with Crippen LogP contribution in [0.4, 0.5) is 0 Å². The maximum Gasteiger partial charge on any atom is 0.305 e. The van der Waals surface area contributed by atoms with Crippen LogP contribution in [-0.4, -0.2) is 24.5 Å². The largest absolute Gasteiger partial charge is 0.466 e. The van der Waals surface area contributed by atoms with Crippen molar-refractivity contribution in [3.8, 4) is 0 Å². The molecule has 0 aromatic carbocycles. The Balaban J connectivity index is 3.58. The summed E-state index contributed by atoms with van der Waals surface area (Å²) in [5, 5.41) is 2.95. The highest BCUT2D eigenvalue weighted by molar-refractivity contribution is 5.77. The van der Waals surface area contributed by atoms with E-state index >= 15 is 0 Å². The third-order valence-electron chi connectivity index (χ3n) is 2.90. The Morgan fingerprint density at radius 2 is 1.72 bits per heavy atom. The van der Waals surface area contributed by atoms with Crippen LogP contribution in [0.5, 0.6) is 0 Å². The Bertz CT molecular complexity index is 237. The predicted molar refractivity (Wildman–Crippen MR) is 72.2 cm³/mol. The van der Waals surface area contributed by atoms with Crippen molar-refractivity contribution in [2.75, 3.05) is 6.61 Å². The molecule has 4 nitrogen and oxygen atoms in total. The van der Waals surface area contributed by atoms with Crippen LogP contribution in [0.25, 0.3) is 0 Å². The van der Waals surface area contributed by atoms with Crippen molar-refractivity contribution < 1.29 is 14.3 Å². The highest BCUT2D eigenvalue weighted by atomic mass is 16.5. The monoisotopic (exact) mass is 257 g/mol. The fourth-order valence-corrected chi connectivity index (χ4v) is 1.59. The minimum Gasteiger partial charge on any atom is -0.466 e. The lowest BCUT2D eigenvalue weighted by atomic mass is 10.1. The topological polar surface area (TPSA) is 55.4 Å². The van der Waals surface area contributed by atoms with Gasteiger partial charge in [-0.05, 0) is 25.7 Å². The summed E-state index contributed by atoms with van der Waals surface area (Å²) >= 11 is 0. The Hall–Kier alpha value is -1.06. The van der Waals surface area contributed by atoms with Crippen molar-refractivity contribution in [1.82, 2.24) is 5.32 Å². The second-order valence-electron chi connectivity index (χ2n) is 4.51. The summed E-state index contributed by atoms with van der Waals surface area (Å²) in [4.78, 5) is 22.8. The molecule has 0 atom stereocenters. The number of carbonyl (C=O) groups excluding carboxylic acids is 2. The van der Waals surface area contributed by atoms with E-state index in [-0.39, 0.29) is 17.9 Å². The molecule has 0 aliphatic rings. The summed E-state index contributed by atoms with van der Waals surface area (Å²) < 4.78 is 5.02. The number of carbonyl (C=O) groups is 2. The van der Waals surface area contributed by atoms with E-state index in [1.54, 1.807) is 0 Å². The summed E-state index contributed by atoms with van der Waals surface area (Å²) in [5.74, 6) is -0.163. The van der Waals surface area contributed by atoms with Crippen molar-refractivity contribution >= 4 is 11.9 Å². The van der Waals surface area contributed by atoms with Gasteiger partial charge >= 0.3 is 5.97 Å². The molecule has 0 heterocycles. The molecule has 0 spiro atoms. The zero-order chi connectivity index (χ0) is 13.8. The van der Waals surface area contributed by atoms with Crippen LogP contribution in [0, 0.1) is 0 Å². The predicted octanol–water partition coefficient (Wildman–Crippen LogP) is 2.80. The molecule has 1 N–H and O–H groups in total. The molecule has 0 unspecified atom stereocenters. The zero-order valence-electron chi connectivity index (χ0n) is 12.0. The molecule has 0 saturated carbocycles. The number of hydrogen-bond acceptors (Lipinski definition) is 3. The van der Waals surface area contributed by atoms with E-state index in [4.69, 9.17) is 4.74 Å². The smallest absolute Gasteiger partial charge is 0.305 e. The Labute approximate surface area is 110 Å². The highest BCUT2D eigenvalue weighted by Crippen LogP contribution is 2.02. The van der Waals surface area contributed by atoms with Gasteiger partial charge in [0.15, 0.2) is 0 Å². The first-order valence-corrected chi connectivity index (χ1v) is 7.08. The molecular formula is C14H27NO3. The molecule has 0 aromatic rings. The first-order chi connectivity index (χ1) is 8.63. The molecule has 0 aromatic heterocycles. The number of ether oxygens (including phenoxy) is 1. The van der Waals surface area contributed by atoms with Crippen LogP contribution in [0.1, 0.15) is 65.7 Å². The zero-order valence-corrected chi connectivity index (χ0v) is 12.0. The van der Waals surface area contributed by atoms with E-state index in [2.05, 4.69) is 26.1 Å². The second kappa shape index (κ2) is 11.1. The summed E-state index contributed by atoms with van der Waals surface area (Å²) in [6, 6.07) is 0.258. The standard InChI is InChI=1S/C14H27NO3/c1-4-7-11-18-14(17)10-8-9-13(16)15-12(5-2)6-3/h12H,4-11H2,1-3H3,(H,15,16). The molecule has 4 heteroatoms. The van der Waals surface area contributed by atoms with E-state index in [0.717, 1.165) is 25.7 Å². The second-order valence-corrected chi connectivity index (χ2v) is 4.51. The minimum absolute atomic E-state index is 0.0325. The lowest BCUT2D eigenvalue weighted by molar-refractivity contribution is -0.143. The number of unbranched alkanes of at least 4 members (excludes halogenated alkanes) is 1. The number of rotatable bonds is 10. The van der Waals surface area contributed by atoms with E-state index in [1.165, 1.54) is 0 Å². The number of nitrogens with one attached hydrogen (secondary N) is 1. The quantitative estimate of drug-likeness (QED) is 0.483. The van der Waals surface area contributed by atoms with Crippen molar-refractivity contribution in [3.05, 3.63) is 0 Å². The van der Waals surface area contributed by atoms with Gasteiger partial charge in [0.1, 0.15) is 0 Å². The van der Waals surface area contributed by atoms with Gasteiger partial charge in [0.05, 0.1) is 6.61 Å². The number of esters is 1. The molecule has 0 radical (unpaired) electrons. The third kappa shape index (κ3) is 9.02. The van der Waals surface area contributed by atoms with Gasteiger partial charge in [-0.25, -0.2) is 0 Å². The van der Waals surface area contributed by atoms with Crippen LogP contribution in [-0.2, 0) is 14.3 Å². The van der Waals surface area contributed by atoms with Crippen molar-refractivity contribution in [1.29, 1.82) is 0 Å². The van der Waals surface area contributed by atoms with Gasteiger partial charge in [0.2, 0.25) is 5.91 Å². The normalized spacial score (nSPS) is 10.4. The maximum atomic E-state index is 11.5. The van der Waals surface area contributed by atoms with Gasteiger partial charge in [0, 0.05) is 18.9 Å². The molecule has 0 aliphatic carbocycles. The molecule has 0 fully saturated rings. The molecule has 0 aliphatic heterocycles. The van der Waals surface area contributed by atoms with Gasteiger partial charge in [0.25, 0.3) is 0 Å². The molecule has 18 heavy (non-hydrogen) atoms. The van der Waals surface area contributed by atoms with Crippen LogP contribution in [0.15, 0.2) is 0 Å². The number of amides is 1. The van der Waals surface area contributed by atoms with Crippen LogP contribution >= 0.6 is 0 Å². The molecular weight excluding hydrogens is 230 g/mol. The first-order valence-electron chi connectivity index (χ1n) is 7.08. The first kappa shape index (κ1) is 16.9. The van der Waals surface area contributed by atoms with E-state index in [1.807, 2.05) is 0 Å². The molecule has 0 bridgehead atoms. The van der Waals surface area contributed by atoms with Crippen molar-refractivity contribution in [3.63, 3.8) is 0 Å². The molecule has 0 saturated heterocycles. The van der Waals surface area contributed by atoms with Crippen molar-refractivity contribution in [2.24, 2.45) is 0 Å². The summed E-state index contributed by atoms with van der Waals surface area (Å²) in [7, 11) is 0. The fourth-order valence-electron chi connectivity index (χ4n) is 1.59. The van der Waals surface area contributed by atoms with Gasteiger partial charge < -0.3 is 10.1 Å². The van der Waals surface area contributed by atoms with E-state index < -0.39 is 0 Å². The third-order valence-corrected chi connectivity index (χ3v) is 2.90. The Morgan fingerprint density at radius 3 is 2.28 bits per heavy atom. The Kier molecular flexibility index (Phi) is 10.4. The minimum atomic E-state index is -0.196. The Morgan fingerprint density at radius 1 is 1.06 bits per heavy atom. The van der Waals surface area contributed by atoms with E-state index in [0.29, 0.717) is 25.9 Å². The number of hydrogen-bond donors (Lipinski definition) is 1. The van der Waals surface area contributed by atoms with Crippen molar-refractivity contribution in [2.45, 2.75) is 71.8 Å². The summed E-state index contributed by atoms with van der Waals surface area (Å²) in [6.45, 7) is 6.66. The molecule has 106 valence electrons. The van der Waals surface area contributed by atoms with Gasteiger partial charge in [-0.3, -0.25) is 9.59 Å². The summed E-state index contributed by atoms with van der Waals surface area (Å²) in [6.07, 6.45) is 5.12. The highest BCUT2D eigenvalue weighted by Gasteiger charge is 2.09. The molecule has 1 amide bonds. The summed E-state index contributed by atoms with van der Waals surface area (Å²) in [5.41, 5.74) is 0. The van der Waals surface area contributed by atoms with Gasteiger partial charge in [-0.15, -0.1) is 0 Å². The van der Waals surface area contributed by atoms with Crippen LogP contribution in [0.2, 0.25) is 0 Å². The lowest BCUT2D eigenvalue weighted by Gasteiger charge is -2.14. The fraction of sp³-hybridized carbons (Fsp3) is 0.857. The maximum absolute atomic E-state index is 11.5. The lowest BCUT2D eigenvalue weighted by Crippen LogP contribution is -2.33. The SMILES string of the molecule is CCCCOC(=O)CCCC(=O)NC(CC)CC. The average molecular weight is 257 g/mol.